The highest BCUT2D eigenvalue weighted by Crippen LogP contribution is 2.33. The van der Waals surface area contributed by atoms with Gasteiger partial charge in [-0.05, 0) is 37.0 Å². The molecule has 2 unspecified atom stereocenters. The lowest BCUT2D eigenvalue weighted by Gasteiger charge is -2.27. The van der Waals surface area contributed by atoms with Gasteiger partial charge in [0.15, 0.2) is 0 Å². The van der Waals surface area contributed by atoms with Crippen LogP contribution in [0.4, 0.5) is 5.69 Å². The minimum Gasteiger partial charge on any atom is -0.383 e. The van der Waals surface area contributed by atoms with E-state index in [0.29, 0.717) is 6.04 Å². The summed E-state index contributed by atoms with van der Waals surface area (Å²) >= 11 is 3.60. The highest BCUT2D eigenvalue weighted by atomic mass is 79.9. The number of nitrogens with zero attached hydrogens (tertiary/aromatic N) is 1. The van der Waals surface area contributed by atoms with Crippen molar-refractivity contribution in [3.05, 3.63) is 28.2 Å². The Morgan fingerprint density at radius 3 is 2.85 bits per heavy atom. The Bertz CT molecular complexity index is 438. The average Bonchev–Trinajstić information content (AvgIpc) is 2.75. The summed E-state index contributed by atoms with van der Waals surface area (Å²) in [5.41, 5.74) is 2.73. The average molecular weight is 341 g/mol. The fourth-order valence-corrected chi connectivity index (χ4v) is 3.34. The summed E-state index contributed by atoms with van der Waals surface area (Å²) in [7, 11) is 1.74. The second kappa shape index (κ2) is 7.43. The molecule has 1 saturated heterocycles. The maximum atomic E-state index is 5.08. The molecule has 112 valence electrons. The fraction of sp³-hybridized carbons (Fsp3) is 0.625. The third-order valence-electron chi connectivity index (χ3n) is 3.94. The molecule has 1 aliphatic rings. The normalized spacial score (nSPS) is 22.5. The zero-order chi connectivity index (χ0) is 14.5. The van der Waals surface area contributed by atoms with E-state index < -0.39 is 0 Å². The standard InChI is InChI=1S/C16H25BrN2O/c1-12-8-13(2)19(11-12)16-9-15(17)5-4-14(16)10-18-6-7-20-3/h4-5,9,12-13,18H,6-8,10-11H2,1-3H3. The smallest absolute Gasteiger partial charge is 0.0587 e. The fourth-order valence-electron chi connectivity index (χ4n) is 2.99. The van der Waals surface area contributed by atoms with Crippen molar-refractivity contribution in [1.82, 2.24) is 5.32 Å². The van der Waals surface area contributed by atoms with E-state index in [1.54, 1.807) is 7.11 Å². The summed E-state index contributed by atoms with van der Waals surface area (Å²) in [6.07, 6.45) is 1.28. The topological polar surface area (TPSA) is 24.5 Å². The van der Waals surface area contributed by atoms with Gasteiger partial charge in [0.2, 0.25) is 0 Å². The van der Waals surface area contributed by atoms with E-state index in [2.05, 4.69) is 58.2 Å². The van der Waals surface area contributed by atoms with Gasteiger partial charge in [0.05, 0.1) is 6.61 Å². The van der Waals surface area contributed by atoms with Crippen LogP contribution in [0.2, 0.25) is 0 Å². The number of anilines is 1. The lowest BCUT2D eigenvalue weighted by Crippen LogP contribution is -2.29. The number of hydrogen-bond acceptors (Lipinski definition) is 3. The Morgan fingerprint density at radius 1 is 1.40 bits per heavy atom. The Hall–Kier alpha value is -0.580. The van der Waals surface area contributed by atoms with Gasteiger partial charge in [0, 0.05) is 42.9 Å². The van der Waals surface area contributed by atoms with Crippen LogP contribution in [0.5, 0.6) is 0 Å². The molecule has 3 nitrogen and oxygen atoms in total. The van der Waals surface area contributed by atoms with Crippen LogP contribution in [-0.4, -0.2) is 32.8 Å². The second-order valence-electron chi connectivity index (χ2n) is 5.78. The van der Waals surface area contributed by atoms with E-state index >= 15 is 0 Å². The maximum Gasteiger partial charge on any atom is 0.0587 e. The van der Waals surface area contributed by atoms with Crippen LogP contribution >= 0.6 is 15.9 Å². The highest BCUT2D eigenvalue weighted by molar-refractivity contribution is 9.10. The Balaban J connectivity index is 2.11. The molecule has 1 aromatic carbocycles. The molecule has 0 aliphatic carbocycles. The minimum atomic E-state index is 0.622. The van der Waals surface area contributed by atoms with Gasteiger partial charge in [-0.2, -0.15) is 0 Å². The number of ether oxygens (including phenoxy) is 1. The number of benzene rings is 1. The van der Waals surface area contributed by atoms with Gasteiger partial charge in [-0.15, -0.1) is 0 Å². The lowest BCUT2D eigenvalue weighted by molar-refractivity contribution is 0.199. The molecular formula is C16H25BrN2O. The molecule has 1 fully saturated rings. The van der Waals surface area contributed by atoms with Gasteiger partial charge in [-0.1, -0.05) is 28.9 Å². The summed E-state index contributed by atoms with van der Waals surface area (Å²) in [5.74, 6) is 0.776. The Kier molecular flexibility index (Phi) is 5.87. The zero-order valence-electron chi connectivity index (χ0n) is 12.7. The van der Waals surface area contributed by atoms with E-state index in [4.69, 9.17) is 4.74 Å². The summed E-state index contributed by atoms with van der Waals surface area (Å²) in [6.45, 7) is 8.35. The van der Waals surface area contributed by atoms with Crippen molar-refractivity contribution in [3.63, 3.8) is 0 Å². The number of rotatable bonds is 6. The van der Waals surface area contributed by atoms with Crippen molar-refractivity contribution in [3.8, 4) is 0 Å². The molecule has 1 aliphatic heterocycles. The van der Waals surface area contributed by atoms with E-state index in [-0.39, 0.29) is 0 Å². The monoisotopic (exact) mass is 340 g/mol. The third-order valence-corrected chi connectivity index (χ3v) is 4.43. The molecule has 0 aromatic heterocycles. The summed E-state index contributed by atoms with van der Waals surface area (Å²) in [5, 5.41) is 3.45. The quantitative estimate of drug-likeness (QED) is 0.803. The van der Waals surface area contributed by atoms with Gasteiger partial charge in [-0.3, -0.25) is 0 Å². The molecule has 0 saturated carbocycles. The number of hydrogen-bond donors (Lipinski definition) is 1. The van der Waals surface area contributed by atoms with E-state index in [1.807, 2.05) is 0 Å². The minimum absolute atomic E-state index is 0.622. The first-order chi connectivity index (χ1) is 9.61. The Labute approximate surface area is 130 Å². The summed E-state index contributed by atoms with van der Waals surface area (Å²) in [4.78, 5) is 2.54. The van der Waals surface area contributed by atoms with Crippen LogP contribution in [-0.2, 0) is 11.3 Å². The van der Waals surface area contributed by atoms with Crippen molar-refractivity contribution in [2.24, 2.45) is 5.92 Å². The molecule has 1 heterocycles. The molecule has 2 rings (SSSR count). The van der Waals surface area contributed by atoms with Gasteiger partial charge in [-0.25, -0.2) is 0 Å². The van der Waals surface area contributed by atoms with Crippen LogP contribution in [0.25, 0.3) is 0 Å². The second-order valence-corrected chi connectivity index (χ2v) is 6.70. The van der Waals surface area contributed by atoms with E-state index in [1.165, 1.54) is 17.7 Å². The van der Waals surface area contributed by atoms with Crippen LogP contribution < -0.4 is 10.2 Å². The summed E-state index contributed by atoms with van der Waals surface area (Å²) in [6, 6.07) is 7.22. The predicted molar refractivity (Wildman–Crippen MR) is 88.3 cm³/mol. The van der Waals surface area contributed by atoms with Crippen molar-refractivity contribution >= 4 is 21.6 Å². The number of halogens is 1. The highest BCUT2D eigenvalue weighted by Gasteiger charge is 2.27. The third kappa shape index (κ3) is 3.96. The largest absolute Gasteiger partial charge is 0.383 e. The zero-order valence-corrected chi connectivity index (χ0v) is 14.2. The van der Waals surface area contributed by atoms with Gasteiger partial charge < -0.3 is 15.0 Å². The number of nitrogens with one attached hydrogen (secondary N) is 1. The molecule has 1 N–H and O–H groups in total. The molecule has 0 amide bonds. The first-order valence-electron chi connectivity index (χ1n) is 7.36. The van der Waals surface area contributed by atoms with Crippen molar-refractivity contribution in [1.29, 1.82) is 0 Å². The first-order valence-corrected chi connectivity index (χ1v) is 8.16. The van der Waals surface area contributed by atoms with Gasteiger partial charge >= 0.3 is 0 Å². The van der Waals surface area contributed by atoms with Crippen molar-refractivity contribution < 1.29 is 4.74 Å². The predicted octanol–water partition coefficient (Wildman–Crippen LogP) is 3.42. The molecule has 0 radical (unpaired) electrons. The van der Waals surface area contributed by atoms with Crippen molar-refractivity contribution in [2.45, 2.75) is 32.9 Å². The number of methoxy groups -OCH3 is 1. The van der Waals surface area contributed by atoms with Crippen LogP contribution in [0.3, 0.4) is 0 Å². The van der Waals surface area contributed by atoms with Gasteiger partial charge in [0.1, 0.15) is 0 Å². The SMILES string of the molecule is COCCNCc1ccc(Br)cc1N1CC(C)CC1C. The molecule has 1 aromatic rings. The Morgan fingerprint density at radius 2 is 2.20 bits per heavy atom. The first kappa shape index (κ1) is 15.8. The van der Waals surface area contributed by atoms with Crippen LogP contribution in [0.15, 0.2) is 22.7 Å². The van der Waals surface area contributed by atoms with Gasteiger partial charge in [0.25, 0.3) is 0 Å². The van der Waals surface area contributed by atoms with Crippen molar-refractivity contribution in [2.75, 3.05) is 31.7 Å². The van der Waals surface area contributed by atoms with Crippen LogP contribution in [0, 0.1) is 5.92 Å². The molecular weight excluding hydrogens is 316 g/mol. The van der Waals surface area contributed by atoms with E-state index in [0.717, 1.165) is 36.6 Å². The molecule has 2 atom stereocenters. The van der Waals surface area contributed by atoms with E-state index in [9.17, 15) is 0 Å². The molecule has 0 bridgehead atoms. The summed E-state index contributed by atoms with van der Waals surface area (Å²) < 4.78 is 6.23. The molecule has 20 heavy (non-hydrogen) atoms. The van der Waals surface area contributed by atoms with Crippen LogP contribution in [0.1, 0.15) is 25.8 Å². The lowest BCUT2D eigenvalue weighted by atomic mass is 10.1. The molecule has 0 spiro atoms. The maximum absolute atomic E-state index is 5.08. The molecule has 4 heteroatoms.